The number of nitrogens with two attached hydrogens (primary N) is 1. The summed E-state index contributed by atoms with van der Waals surface area (Å²) in [7, 11) is 0. The van der Waals surface area contributed by atoms with Crippen LogP contribution >= 0.6 is 0 Å². The van der Waals surface area contributed by atoms with Crippen molar-refractivity contribution in [3.8, 4) is 0 Å². The summed E-state index contributed by atoms with van der Waals surface area (Å²) in [5, 5.41) is 0. The first kappa shape index (κ1) is 13.1. The monoisotopic (exact) mass is 247 g/mol. The van der Waals surface area contributed by atoms with Crippen LogP contribution < -0.4 is 5.73 Å². The fraction of sp³-hybridized carbons (Fsp3) is 0.533. The Kier molecular flexibility index (Phi) is 4.76. The lowest BCUT2D eigenvalue weighted by Gasteiger charge is -2.18. The van der Waals surface area contributed by atoms with Crippen molar-refractivity contribution < 1.29 is 9.53 Å². The Morgan fingerprint density at radius 2 is 1.72 bits per heavy atom. The van der Waals surface area contributed by atoms with Gasteiger partial charge in [0.1, 0.15) is 12.1 Å². The van der Waals surface area contributed by atoms with E-state index in [0.717, 1.165) is 31.2 Å². The molecule has 1 aliphatic rings. The van der Waals surface area contributed by atoms with E-state index in [9.17, 15) is 4.79 Å². The maximum Gasteiger partial charge on any atom is 0.327 e. The Balaban J connectivity index is 1.90. The van der Waals surface area contributed by atoms with Gasteiger partial charge < -0.3 is 10.5 Å². The van der Waals surface area contributed by atoms with Crippen molar-refractivity contribution in [3.63, 3.8) is 0 Å². The van der Waals surface area contributed by atoms with Gasteiger partial charge in [-0.2, -0.15) is 0 Å². The molecule has 0 spiro atoms. The van der Waals surface area contributed by atoms with Crippen LogP contribution in [-0.4, -0.2) is 12.1 Å². The van der Waals surface area contributed by atoms with Gasteiger partial charge in [-0.15, -0.1) is 0 Å². The zero-order valence-corrected chi connectivity index (χ0v) is 10.7. The smallest absolute Gasteiger partial charge is 0.327 e. The normalized spacial score (nSPS) is 18.9. The highest BCUT2D eigenvalue weighted by atomic mass is 16.5. The van der Waals surface area contributed by atoms with Crippen molar-refractivity contribution in [2.24, 2.45) is 5.73 Å². The van der Waals surface area contributed by atoms with E-state index in [2.05, 4.69) is 0 Å². The van der Waals surface area contributed by atoms with E-state index in [-0.39, 0.29) is 12.1 Å². The SMILES string of the molecule is NC(C(=O)OC1CCCCCC1)c1ccccc1. The van der Waals surface area contributed by atoms with Gasteiger partial charge in [0, 0.05) is 0 Å². The standard InChI is InChI=1S/C15H21NO2/c16-14(12-8-4-3-5-9-12)15(17)18-13-10-6-1-2-7-11-13/h3-5,8-9,13-14H,1-2,6-7,10-11,16H2. The fourth-order valence-electron chi connectivity index (χ4n) is 2.39. The van der Waals surface area contributed by atoms with Crippen molar-refractivity contribution in [2.75, 3.05) is 0 Å². The second-order valence-corrected chi connectivity index (χ2v) is 4.94. The second kappa shape index (κ2) is 6.55. The lowest BCUT2D eigenvalue weighted by molar-refractivity contribution is -0.151. The van der Waals surface area contributed by atoms with Gasteiger partial charge in [0.2, 0.25) is 0 Å². The molecule has 1 aliphatic carbocycles. The van der Waals surface area contributed by atoms with Gasteiger partial charge in [-0.3, -0.25) is 0 Å². The summed E-state index contributed by atoms with van der Waals surface area (Å²) < 4.78 is 5.52. The Hall–Kier alpha value is -1.35. The molecule has 0 aliphatic heterocycles. The first-order valence-corrected chi connectivity index (χ1v) is 6.78. The number of hydrogen-bond donors (Lipinski definition) is 1. The molecule has 0 radical (unpaired) electrons. The molecule has 0 heterocycles. The van der Waals surface area contributed by atoms with Crippen LogP contribution in [0.15, 0.2) is 30.3 Å². The van der Waals surface area contributed by atoms with E-state index >= 15 is 0 Å². The fourth-order valence-corrected chi connectivity index (χ4v) is 2.39. The average Bonchev–Trinajstić information content (AvgIpc) is 2.67. The number of carbonyl (C=O) groups is 1. The molecule has 1 aromatic carbocycles. The van der Waals surface area contributed by atoms with Gasteiger partial charge in [-0.1, -0.05) is 43.2 Å². The van der Waals surface area contributed by atoms with Crippen LogP contribution in [0.25, 0.3) is 0 Å². The molecule has 18 heavy (non-hydrogen) atoms. The summed E-state index contributed by atoms with van der Waals surface area (Å²) in [5.41, 5.74) is 6.74. The minimum atomic E-state index is -0.658. The first-order chi connectivity index (χ1) is 8.77. The zero-order valence-electron chi connectivity index (χ0n) is 10.7. The summed E-state index contributed by atoms with van der Waals surface area (Å²) in [6.07, 6.45) is 6.82. The summed E-state index contributed by atoms with van der Waals surface area (Å²) in [4.78, 5) is 12.0. The first-order valence-electron chi connectivity index (χ1n) is 6.78. The van der Waals surface area contributed by atoms with E-state index in [1.807, 2.05) is 30.3 Å². The summed E-state index contributed by atoms with van der Waals surface area (Å²) in [5.74, 6) is -0.298. The van der Waals surface area contributed by atoms with E-state index in [1.54, 1.807) is 0 Å². The van der Waals surface area contributed by atoms with Crippen LogP contribution in [0.2, 0.25) is 0 Å². The molecule has 0 bridgehead atoms. The molecule has 3 nitrogen and oxygen atoms in total. The molecule has 3 heteroatoms. The summed E-state index contributed by atoms with van der Waals surface area (Å²) in [6.45, 7) is 0. The topological polar surface area (TPSA) is 52.3 Å². The van der Waals surface area contributed by atoms with E-state index < -0.39 is 6.04 Å². The van der Waals surface area contributed by atoms with Crippen molar-refractivity contribution in [1.29, 1.82) is 0 Å². The number of esters is 1. The number of carbonyl (C=O) groups excluding carboxylic acids is 1. The van der Waals surface area contributed by atoms with Gasteiger partial charge in [-0.25, -0.2) is 4.79 Å². The molecule has 1 unspecified atom stereocenters. The van der Waals surface area contributed by atoms with Crippen molar-refractivity contribution in [1.82, 2.24) is 0 Å². The van der Waals surface area contributed by atoms with Gasteiger partial charge >= 0.3 is 5.97 Å². The van der Waals surface area contributed by atoms with Crippen LogP contribution in [0.1, 0.15) is 50.1 Å². The lowest BCUT2D eigenvalue weighted by Crippen LogP contribution is -2.28. The molecule has 0 saturated heterocycles. The molecule has 1 saturated carbocycles. The molecule has 2 rings (SSSR count). The maximum atomic E-state index is 12.0. The van der Waals surface area contributed by atoms with Gasteiger partial charge in [0.15, 0.2) is 0 Å². The predicted molar refractivity (Wildman–Crippen MR) is 71.0 cm³/mol. The molecule has 98 valence electrons. The summed E-state index contributed by atoms with van der Waals surface area (Å²) in [6, 6.07) is 8.74. The number of benzene rings is 1. The number of rotatable bonds is 3. The highest BCUT2D eigenvalue weighted by molar-refractivity contribution is 5.77. The third-order valence-corrected chi connectivity index (χ3v) is 3.50. The third-order valence-electron chi connectivity index (χ3n) is 3.50. The predicted octanol–water partition coefficient (Wildman–Crippen LogP) is 2.95. The molecular weight excluding hydrogens is 226 g/mol. The Morgan fingerprint density at radius 3 is 2.33 bits per heavy atom. The third kappa shape index (κ3) is 3.57. The Labute approximate surface area is 108 Å². The quantitative estimate of drug-likeness (QED) is 0.660. The highest BCUT2D eigenvalue weighted by Crippen LogP contribution is 2.21. The number of ether oxygens (including phenoxy) is 1. The van der Waals surface area contributed by atoms with E-state index in [4.69, 9.17) is 10.5 Å². The Morgan fingerprint density at radius 1 is 1.11 bits per heavy atom. The highest BCUT2D eigenvalue weighted by Gasteiger charge is 2.22. The molecular formula is C15H21NO2. The van der Waals surface area contributed by atoms with Gasteiger partial charge in [-0.05, 0) is 31.2 Å². The molecule has 0 aromatic heterocycles. The molecule has 0 amide bonds. The molecule has 2 N–H and O–H groups in total. The minimum Gasteiger partial charge on any atom is -0.461 e. The maximum absolute atomic E-state index is 12.0. The van der Waals surface area contributed by atoms with Gasteiger partial charge in [0.05, 0.1) is 0 Å². The number of hydrogen-bond acceptors (Lipinski definition) is 3. The summed E-state index contributed by atoms with van der Waals surface area (Å²) >= 11 is 0. The molecule has 1 aromatic rings. The van der Waals surface area contributed by atoms with E-state index in [1.165, 1.54) is 12.8 Å². The van der Waals surface area contributed by atoms with Crippen molar-refractivity contribution in [3.05, 3.63) is 35.9 Å². The van der Waals surface area contributed by atoms with Crippen LogP contribution in [0, 0.1) is 0 Å². The van der Waals surface area contributed by atoms with Crippen molar-refractivity contribution in [2.45, 2.75) is 50.7 Å². The molecule has 1 atom stereocenters. The van der Waals surface area contributed by atoms with Crippen LogP contribution in [-0.2, 0) is 9.53 Å². The van der Waals surface area contributed by atoms with E-state index in [0.29, 0.717) is 0 Å². The van der Waals surface area contributed by atoms with Crippen molar-refractivity contribution >= 4 is 5.97 Å². The van der Waals surface area contributed by atoms with Crippen LogP contribution in [0.5, 0.6) is 0 Å². The van der Waals surface area contributed by atoms with Gasteiger partial charge in [0.25, 0.3) is 0 Å². The molecule has 1 fully saturated rings. The average molecular weight is 247 g/mol. The largest absolute Gasteiger partial charge is 0.461 e. The second-order valence-electron chi connectivity index (χ2n) is 4.94. The minimum absolute atomic E-state index is 0.0646. The lowest BCUT2D eigenvalue weighted by atomic mass is 10.1. The van der Waals surface area contributed by atoms with Crippen LogP contribution in [0.4, 0.5) is 0 Å². The Bertz CT molecular complexity index is 369. The van der Waals surface area contributed by atoms with Crippen LogP contribution in [0.3, 0.4) is 0 Å². The zero-order chi connectivity index (χ0) is 12.8.